The molecule has 1 amide bonds. The number of phenols is 1. The molecule has 1 aromatic carbocycles. The van der Waals surface area contributed by atoms with E-state index < -0.39 is 0 Å². The summed E-state index contributed by atoms with van der Waals surface area (Å²) in [5.74, 6) is -0.168. The number of nitrogens with one attached hydrogen (secondary N) is 1. The van der Waals surface area contributed by atoms with Crippen LogP contribution in [0.4, 0.5) is 0 Å². The highest BCUT2D eigenvalue weighted by Crippen LogP contribution is 2.23. The van der Waals surface area contributed by atoms with Gasteiger partial charge >= 0.3 is 0 Å². The number of carbonyl (C=O) groups is 1. The lowest BCUT2D eigenvalue weighted by Gasteiger charge is -2.05. The van der Waals surface area contributed by atoms with Crippen molar-refractivity contribution in [2.24, 2.45) is 0 Å². The third-order valence-electron chi connectivity index (χ3n) is 2.06. The highest BCUT2D eigenvalue weighted by Gasteiger charge is 2.07. The third-order valence-corrected chi connectivity index (χ3v) is 3.12. The quantitative estimate of drug-likeness (QED) is 0.486. The Bertz CT molecular complexity index is 371. The molecular weight excluding hydrogens is 340 g/mol. The van der Waals surface area contributed by atoms with Gasteiger partial charge in [0.25, 0.3) is 5.91 Å². The average Bonchev–Trinajstić information content (AvgIpc) is 2.28. The van der Waals surface area contributed by atoms with Gasteiger partial charge in [-0.3, -0.25) is 4.79 Å². The minimum atomic E-state index is -0.157. The zero-order valence-electron chi connectivity index (χ0n) is 8.67. The molecule has 0 fully saturated rings. The molecule has 0 aliphatic heterocycles. The number of alkyl halides is 1. The summed E-state index contributed by atoms with van der Waals surface area (Å²) in [4.78, 5) is 11.6. The number of benzene rings is 1. The number of hydrogen-bond acceptors (Lipinski definition) is 2. The van der Waals surface area contributed by atoms with Crippen molar-refractivity contribution >= 4 is 40.1 Å². The highest BCUT2D eigenvalue weighted by molar-refractivity contribution is 14.1. The largest absolute Gasteiger partial charge is 0.506 e. The van der Waals surface area contributed by atoms with Crippen LogP contribution in [0.2, 0.25) is 5.02 Å². The lowest BCUT2D eigenvalue weighted by Crippen LogP contribution is -2.24. The van der Waals surface area contributed by atoms with Gasteiger partial charge in [-0.2, -0.15) is 0 Å². The highest BCUT2D eigenvalue weighted by atomic mass is 127. The van der Waals surface area contributed by atoms with E-state index in [1.165, 1.54) is 12.1 Å². The molecule has 0 heterocycles. The first-order valence-electron chi connectivity index (χ1n) is 4.98. The first kappa shape index (κ1) is 13.6. The summed E-state index contributed by atoms with van der Waals surface area (Å²) in [6, 6.07) is 4.43. The minimum Gasteiger partial charge on any atom is -0.506 e. The Hall–Kier alpha value is -0.490. The lowest BCUT2D eigenvalue weighted by molar-refractivity contribution is 0.0953. The van der Waals surface area contributed by atoms with Crippen LogP contribution in [0.5, 0.6) is 5.75 Å². The number of carbonyl (C=O) groups excluding carboxylic acids is 1. The molecule has 3 nitrogen and oxygen atoms in total. The minimum absolute atomic E-state index is 0.0110. The van der Waals surface area contributed by atoms with Crippen molar-refractivity contribution in [1.82, 2.24) is 5.32 Å². The Morgan fingerprint density at radius 2 is 2.19 bits per heavy atom. The van der Waals surface area contributed by atoms with E-state index in [-0.39, 0.29) is 16.7 Å². The van der Waals surface area contributed by atoms with Gasteiger partial charge in [0.15, 0.2) is 0 Å². The fraction of sp³-hybridized carbons (Fsp3) is 0.364. The summed E-state index contributed by atoms with van der Waals surface area (Å²) >= 11 is 8.02. The van der Waals surface area contributed by atoms with E-state index in [1.54, 1.807) is 6.07 Å². The van der Waals surface area contributed by atoms with E-state index in [4.69, 9.17) is 11.6 Å². The number of unbranched alkanes of at least 4 members (excludes halogenated alkanes) is 1. The Labute approximate surface area is 113 Å². The third kappa shape index (κ3) is 4.17. The number of halogens is 2. The number of amides is 1. The van der Waals surface area contributed by atoms with Crippen molar-refractivity contribution in [3.05, 3.63) is 28.8 Å². The van der Waals surface area contributed by atoms with Crippen LogP contribution in [0, 0.1) is 0 Å². The van der Waals surface area contributed by atoms with E-state index in [9.17, 15) is 9.90 Å². The van der Waals surface area contributed by atoms with Gasteiger partial charge < -0.3 is 10.4 Å². The molecule has 0 aromatic heterocycles. The fourth-order valence-corrected chi connectivity index (χ4v) is 1.89. The van der Waals surface area contributed by atoms with Gasteiger partial charge in [0.05, 0.1) is 5.02 Å². The second kappa shape index (κ2) is 6.96. The maximum Gasteiger partial charge on any atom is 0.251 e. The normalized spacial score (nSPS) is 10.1. The molecule has 0 radical (unpaired) electrons. The average molecular weight is 354 g/mol. The molecule has 16 heavy (non-hydrogen) atoms. The first-order chi connectivity index (χ1) is 7.65. The molecule has 0 saturated carbocycles. The van der Waals surface area contributed by atoms with Crippen LogP contribution in [-0.4, -0.2) is 22.0 Å². The van der Waals surface area contributed by atoms with E-state index in [1.807, 2.05) is 0 Å². The van der Waals surface area contributed by atoms with Gasteiger partial charge in [-0.05, 0) is 35.5 Å². The summed E-state index contributed by atoms with van der Waals surface area (Å²) in [5.41, 5.74) is 0.470. The summed E-state index contributed by atoms with van der Waals surface area (Å²) < 4.78 is 1.10. The van der Waals surface area contributed by atoms with Gasteiger partial charge in [0.2, 0.25) is 0 Å². The molecule has 0 bridgehead atoms. The molecule has 0 aliphatic rings. The first-order valence-corrected chi connectivity index (χ1v) is 6.88. The summed E-state index contributed by atoms with van der Waals surface area (Å²) in [5, 5.41) is 12.2. The lowest BCUT2D eigenvalue weighted by atomic mass is 10.2. The molecule has 1 aromatic rings. The van der Waals surface area contributed by atoms with Crippen LogP contribution in [0.1, 0.15) is 23.2 Å². The molecule has 2 N–H and O–H groups in total. The van der Waals surface area contributed by atoms with Crippen molar-refractivity contribution in [1.29, 1.82) is 0 Å². The van der Waals surface area contributed by atoms with E-state index in [2.05, 4.69) is 27.9 Å². The fourth-order valence-electron chi connectivity index (χ4n) is 1.17. The van der Waals surface area contributed by atoms with Crippen LogP contribution in [-0.2, 0) is 0 Å². The summed E-state index contributed by atoms with van der Waals surface area (Å²) in [6.45, 7) is 0.667. The van der Waals surface area contributed by atoms with Crippen molar-refractivity contribution in [2.45, 2.75) is 12.8 Å². The molecule has 0 aliphatic carbocycles. The molecule has 0 atom stereocenters. The van der Waals surface area contributed by atoms with Crippen molar-refractivity contribution in [3.63, 3.8) is 0 Å². The number of phenolic OH excluding ortho intramolecular Hbond substituents is 1. The van der Waals surface area contributed by atoms with Crippen molar-refractivity contribution in [2.75, 3.05) is 11.0 Å². The van der Waals surface area contributed by atoms with Crippen LogP contribution in [0.25, 0.3) is 0 Å². The van der Waals surface area contributed by atoms with Gasteiger partial charge in [0.1, 0.15) is 5.75 Å². The van der Waals surface area contributed by atoms with Gasteiger partial charge in [-0.25, -0.2) is 0 Å². The van der Waals surface area contributed by atoms with Gasteiger partial charge in [0, 0.05) is 12.1 Å². The maximum atomic E-state index is 11.6. The topological polar surface area (TPSA) is 49.3 Å². The molecular formula is C11H13ClINO2. The SMILES string of the molecule is O=C(NCCCCI)c1ccc(O)c(Cl)c1. The smallest absolute Gasteiger partial charge is 0.251 e. The van der Waals surface area contributed by atoms with Crippen molar-refractivity contribution in [3.8, 4) is 5.75 Å². The predicted molar refractivity (Wildman–Crippen MR) is 73.6 cm³/mol. The zero-order chi connectivity index (χ0) is 12.0. The summed E-state index contributed by atoms with van der Waals surface area (Å²) in [7, 11) is 0. The Kier molecular flexibility index (Phi) is 5.90. The van der Waals surface area contributed by atoms with Crippen LogP contribution < -0.4 is 5.32 Å². The predicted octanol–water partition coefficient (Wildman–Crippen LogP) is 2.99. The van der Waals surface area contributed by atoms with Gasteiger partial charge in [-0.1, -0.05) is 34.2 Å². The Morgan fingerprint density at radius 1 is 1.44 bits per heavy atom. The van der Waals surface area contributed by atoms with Gasteiger partial charge in [-0.15, -0.1) is 0 Å². The Morgan fingerprint density at radius 3 is 2.81 bits per heavy atom. The van der Waals surface area contributed by atoms with E-state index in [0.29, 0.717) is 12.1 Å². The van der Waals surface area contributed by atoms with E-state index >= 15 is 0 Å². The van der Waals surface area contributed by atoms with E-state index in [0.717, 1.165) is 17.3 Å². The molecule has 0 saturated heterocycles. The second-order valence-electron chi connectivity index (χ2n) is 3.32. The zero-order valence-corrected chi connectivity index (χ0v) is 11.6. The van der Waals surface area contributed by atoms with Crippen LogP contribution in [0.15, 0.2) is 18.2 Å². The van der Waals surface area contributed by atoms with Crippen LogP contribution in [0.3, 0.4) is 0 Å². The number of hydrogen-bond donors (Lipinski definition) is 2. The van der Waals surface area contributed by atoms with Crippen LogP contribution >= 0.6 is 34.2 Å². The van der Waals surface area contributed by atoms with Crippen molar-refractivity contribution < 1.29 is 9.90 Å². The molecule has 1 rings (SSSR count). The monoisotopic (exact) mass is 353 g/mol. The standard InChI is InChI=1S/C11H13ClINO2/c12-9-7-8(3-4-10(9)15)11(16)14-6-2-1-5-13/h3-4,7,15H,1-2,5-6H2,(H,14,16). The molecule has 88 valence electrons. The molecule has 5 heteroatoms. The second-order valence-corrected chi connectivity index (χ2v) is 4.80. The molecule has 0 unspecified atom stereocenters. The Balaban J connectivity index is 2.50. The summed E-state index contributed by atoms with van der Waals surface area (Å²) in [6.07, 6.45) is 2.07. The maximum absolute atomic E-state index is 11.6. The number of aromatic hydroxyl groups is 1. The molecule has 0 spiro atoms. The number of rotatable bonds is 5.